The number of carbonyl (C=O) groups excluding carboxylic acids is 9. The molecule has 2 aliphatic heterocycles. The number of pyridine rings is 1. The summed E-state index contributed by atoms with van der Waals surface area (Å²) in [7, 11) is 2.07. The lowest BCUT2D eigenvalue weighted by molar-refractivity contribution is -0.137. The van der Waals surface area contributed by atoms with Crippen molar-refractivity contribution < 1.29 is 66.5 Å². The number of anilines is 3. The first-order chi connectivity index (χ1) is 39.8. The number of nitrogens with zero attached hydrogens (tertiary/aromatic N) is 4. The van der Waals surface area contributed by atoms with E-state index in [-0.39, 0.29) is 112 Å². The number of benzene rings is 3. The van der Waals surface area contributed by atoms with E-state index < -0.39 is 83.4 Å². The van der Waals surface area contributed by atoms with Crippen molar-refractivity contribution in [1.82, 2.24) is 46.0 Å². The number of primary amides is 1. The molecule has 0 unspecified atom stereocenters. The van der Waals surface area contributed by atoms with Crippen molar-refractivity contribution in [1.29, 1.82) is 0 Å². The Labute approximate surface area is 474 Å². The van der Waals surface area contributed by atoms with Crippen LogP contribution in [0.2, 0.25) is 0 Å². The third-order valence-corrected chi connectivity index (χ3v) is 13.2. The molecule has 10 N–H and O–H groups in total. The SMILES string of the molecule is C[C@@H](NC(=O)CCOCCOCCOCCNC(=O)CCN1C(=O)C=CC1=O)C(=O)N[C@H](C)C(=O)N[C@H](CC(N)=O)C(=O)Nc1ccc(COC(=O)Nc2c(-c3nc4ccc(N5CCN(C)CC5)cc4[nH]3)c(=O)[nH]c3cccc(F)c23)cc1. The average molecular weight is 1150 g/mol. The fourth-order valence-corrected chi connectivity index (χ4v) is 8.65. The quantitative estimate of drug-likeness (QED) is 0.0237. The van der Waals surface area contributed by atoms with E-state index in [0.717, 1.165) is 48.9 Å². The van der Waals surface area contributed by atoms with Gasteiger partial charge >= 0.3 is 6.09 Å². The van der Waals surface area contributed by atoms with E-state index in [2.05, 4.69) is 63.7 Å². The van der Waals surface area contributed by atoms with Crippen LogP contribution in [0.1, 0.15) is 38.7 Å². The summed E-state index contributed by atoms with van der Waals surface area (Å²) in [5.41, 5.74) is 7.41. The number of nitrogens with one attached hydrogen (secondary N) is 8. The van der Waals surface area contributed by atoms with Gasteiger partial charge in [0, 0.05) is 75.6 Å². The molecule has 0 bridgehead atoms. The number of piperazine rings is 1. The molecule has 2 aromatic heterocycles. The topological polar surface area (TPSA) is 360 Å². The van der Waals surface area contributed by atoms with Crippen molar-refractivity contribution in [2.75, 3.05) is 101 Å². The Morgan fingerprint density at radius 1 is 0.723 bits per heavy atom. The minimum Gasteiger partial charge on any atom is -0.444 e. The van der Waals surface area contributed by atoms with Crippen molar-refractivity contribution in [2.45, 2.75) is 57.8 Å². The maximum absolute atomic E-state index is 15.6. The van der Waals surface area contributed by atoms with Crippen LogP contribution in [0.15, 0.2) is 77.6 Å². The van der Waals surface area contributed by atoms with Crippen LogP contribution >= 0.6 is 0 Å². The molecule has 7 rings (SSSR count). The van der Waals surface area contributed by atoms with E-state index in [1.165, 1.54) is 56.3 Å². The lowest BCUT2D eigenvalue weighted by Crippen LogP contribution is -2.55. The summed E-state index contributed by atoms with van der Waals surface area (Å²) < 4.78 is 37.3. The summed E-state index contributed by atoms with van der Waals surface area (Å²) in [6.45, 7) is 7.20. The number of halogens is 1. The van der Waals surface area contributed by atoms with E-state index in [1.54, 1.807) is 0 Å². The maximum Gasteiger partial charge on any atom is 0.412 e. The molecular formula is C55H66FN13O14. The Balaban J connectivity index is 0.804. The zero-order valence-electron chi connectivity index (χ0n) is 45.9. The van der Waals surface area contributed by atoms with Gasteiger partial charge in [-0.3, -0.25) is 53.4 Å². The highest BCUT2D eigenvalue weighted by Crippen LogP contribution is 2.33. The predicted octanol–water partition coefficient (Wildman–Crippen LogP) is 0.890. The molecule has 0 saturated carbocycles. The molecule has 4 heterocycles. The van der Waals surface area contributed by atoms with Crippen molar-refractivity contribution in [3.8, 4) is 11.4 Å². The second-order valence-corrected chi connectivity index (χ2v) is 19.4. The Hall–Kier alpha value is -9.12. The van der Waals surface area contributed by atoms with Gasteiger partial charge < -0.3 is 71.0 Å². The number of ether oxygens (including phenoxy) is 4. The molecule has 1 fully saturated rings. The second kappa shape index (κ2) is 29.6. The van der Waals surface area contributed by atoms with Gasteiger partial charge in [-0.15, -0.1) is 0 Å². The summed E-state index contributed by atoms with van der Waals surface area (Å²) >= 11 is 0. The molecule has 2 aliphatic rings. The van der Waals surface area contributed by atoms with Crippen molar-refractivity contribution in [2.24, 2.45) is 5.73 Å². The third-order valence-electron chi connectivity index (χ3n) is 13.2. The first kappa shape index (κ1) is 61.5. The molecular weight excluding hydrogens is 1090 g/mol. The fourth-order valence-electron chi connectivity index (χ4n) is 8.65. The number of fused-ring (bicyclic) bond motifs is 2. The van der Waals surface area contributed by atoms with Crippen molar-refractivity contribution >= 4 is 92.3 Å². The van der Waals surface area contributed by atoms with E-state index in [1.807, 2.05) is 18.2 Å². The van der Waals surface area contributed by atoms with Crippen LogP contribution in [0.4, 0.5) is 26.2 Å². The smallest absolute Gasteiger partial charge is 0.412 e. The first-order valence-electron chi connectivity index (χ1n) is 26.7. The lowest BCUT2D eigenvalue weighted by atomic mass is 10.1. The molecule has 3 aromatic carbocycles. The predicted molar refractivity (Wildman–Crippen MR) is 300 cm³/mol. The number of rotatable bonds is 29. The monoisotopic (exact) mass is 1150 g/mol. The highest BCUT2D eigenvalue weighted by Gasteiger charge is 2.29. The highest BCUT2D eigenvalue weighted by atomic mass is 19.1. The van der Waals surface area contributed by atoms with Crippen LogP contribution in [-0.2, 0) is 63.9 Å². The molecule has 5 aromatic rings. The van der Waals surface area contributed by atoms with Gasteiger partial charge in [0.2, 0.25) is 35.4 Å². The number of aromatic nitrogens is 3. The fraction of sp³-hybridized carbons (Fsp3) is 0.400. The number of H-pyrrole nitrogens is 2. The molecule has 83 heavy (non-hydrogen) atoms. The summed E-state index contributed by atoms with van der Waals surface area (Å²) in [6, 6.07) is 12.0. The number of imidazole rings is 1. The molecule has 0 spiro atoms. The number of likely N-dealkylation sites (N-methyl/N-ethyl adjacent to an activating group) is 1. The molecule has 28 heteroatoms. The van der Waals surface area contributed by atoms with Crippen LogP contribution in [0.3, 0.4) is 0 Å². The highest BCUT2D eigenvalue weighted by molar-refractivity contribution is 6.13. The Bertz CT molecular complexity index is 3270. The van der Waals surface area contributed by atoms with Crippen LogP contribution in [0.25, 0.3) is 33.3 Å². The Morgan fingerprint density at radius 2 is 1.39 bits per heavy atom. The van der Waals surface area contributed by atoms with Gasteiger partial charge in [0.25, 0.3) is 17.4 Å². The molecule has 0 aliphatic carbocycles. The van der Waals surface area contributed by atoms with Crippen LogP contribution in [0, 0.1) is 5.82 Å². The minimum absolute atomic E-state index is 0.00953. The van der Waals surface area contributed by atoms with Gasteiger partial charge in [-0.1, -0.05) is 18.2 Å². The van der Waals surface area contributed by atoms with Crippen LogP contribution < -0.4 is 48.1 Å². The molecule has 0 radical (unpaired) electrons. The number of carbonyl (C=O) groups is 9. The lowest BCUT2D eigenvalue weighted by Gasteiger charge is -2.34. The summed E-state index contributed by atoms with van der Waals surface area (Å²) in [6.07, 6.45) is 0.570. The molecule has 27 nitrogen and oxygen atoms in total. The minimum atomic E-state index is -1.47. The number of hydrogen-bond acceptors (Lipinski definition) is 17. The van der Waals surface area contributed by atoms with Gasteiger partial charge in [-0.05, 0) is 68.9 Å². The molecule has 3 atom stereocenters. The third kappa shape index (κ3) is 17.7. The number of aromatic amines is 2. The second-order valence-electron chi connectivity index (χ2n) is 19.4. The van der Waals surface area contributed by atoms with Gasteiger partial charge in [-0.25, -0.2) is 14.2 Å². The van der Waals surface area contributed by atoms with Crippen LogP contribution in [0.5, 0.6) is 0 Å². The number of amides is 9. The maximum atomic E-state index is 15.6. The summed E-state index contributed by atoms with van der Waals surface area (Å²) in [5, 5.41) is 15.1. The van der Waals surface area contributed by atoms with E-state index in [4.69, 9.17) is 24.7 Å². The van der Waals surface area contributed by atoms with Gasteiger partial charge in [-0.2, -0.15) is 0 Å². The summed E-state index contributed by atoms with van der Waals surface area (Å²) in [5.74, 6) is -5.67. The van der Waals surface area contributed by atoms with E-state index in [0.29, 0.717) is 16.6 Å². The number of nitrogens with two attached hydrogens (primary N) is 1. The average Bonchev–Trinajstić information content (AvgIpc) is 4.06. The Morgan fingerprint density at radius 3 is 2.08 bits per heavy atom. The standard InChI is InChI=1S/C55H66FN13O14/c1-32(59-44(72)16-23-80-25-27-82-28-26-81-24-17-58-43(71)15-18-69-45(73)13-14-46(69)74)51(75)60-33(2)52(76)65-41(30-42(57)70)53(77)61-35-9-7-34(8-10-35)31-83-55(79)66-49-47-37(56)5-4-6-39(47)64-54(78)48(49)50-62-38-12-11-36(29-40(38)63-50)68-21-19-67(3)20-22-68/h4-14,29,32-33,41H,15-28,30-31H2,1-3H3,(H2,57,70)(H,58,71)(H,59,72)(H,60,75)(H,61,77)(H,62,63)(H,65,76)(H2,64,66,78,79)/t32-,33-,41-/m1/s1. The Kier molecular flexibility index (Phi) is 21.9. The van der Waals surface area contributed by atoms with Crippen molar-refractivity contribution in [3.05, 3.63) is 94.6 Å². The summed E-state index contributed by atoms with van der Waals surface area (Å²) in [4.78, 5) is 142. The van der Waals surface area contributed by atoms with Gasteiger partial charge in [0.05, 0.1) is 73.7 Å². The molecule has 9 amide bonds. The van der Waals surface area contributed by atoms with Gasteiger partial charge in [0.1, 0.15) is 41.9 Å². The van der Waals surface area contributed by atoms with E-state index >= 15 is 4.39 Å². The van der Waals surface area contributed by atoms with E-state index in [9.17, 15) is 47.9 Å². The molecule has 1 saturated heterocycles. The number of hydrogen-bond donors (Lipinski definition) is 9. The number of imide groups is 1. The van der Waals surface area contributed by atoms with Crippen LogP contribution in [-0.4, -0.2) is 182 Å². The van der Waals surface area contributed by atoms with Crippen molar-refractivity contribution in [3.63, 3.8) is 0 Å². The molecule has 442 valence electrons. The largest absolute Gasteiger partial charge is 0.444 e. The zero-order valence-corrected chi connectivity index (χ0v) is 45.9. The normalized spacial score (nSPS) is 14.5. The zero-order chi connectivity index (χ0) is 59.6. The first-order valence-corrected chi connectivity index (χ1v) is 26.7. The van der Waals surface area contributed by atoms with Gasteiger partial charge in [0.15, 0.2) is 0 Å².